The van der Waals surface area contributed by atoms with Gasteiger partial charge in [0.1, 0.15) is 17.1 Å². The summed E-state index contributed by atoms with van der Waals surface area (Å²) in [6.07, 6.45) is 1.56. The van der Waals surface area contributed by atoms with E-state index in [0.29, 0.717) is 23.8 Å². The molecule has 4 rings (SSSR count). The summed E-state index contributed by atoms with van der Waals surface area (Å²) in [4.78, 5) is 13.3. The minimum absolute atomic E-state index is 0.175. The second kappa shape index (κ2) is 7.77. The van der Waals surface area contributed by atoms with E-state index in [1.165, 1.54) is 11.3 Å². The Bertz CT molecular complexity index is 1070. The Morgan fingerprint density at radius 1 is 1.21 bits per heavy atom. The SMILES string of the molecule is CC(C)COc1ccc(C(=O)Nc2cccc(-c3nn4cnnc4s3)c2)cc1. The number of benzene rings is 2. The fourth-order valence-electron chi connectivity index (χ4n) is 2.58. The molecule has 2 heterocycles. The van der Waals surface area contributed by atoms with Gasteiger partial charge in [0, 0.05) is 16.8 Å². The van der Waals surface area contributed by atoms with E-state index >= 15 is 0 Å². The molecule has 1 N–H and O–H groups in total. The minimum atomic E-state index is -0.175. The van der Waals surface area contributed by atoms with Crippen molar-refractivity contribution in [3.05, 3.63) is 60.4 Å². The lowest BCUT2D eigenvalue weighted by Gasteiger charge is -2.10. The monoisotopic (exact) mass is 393 g/mol. The number of hydrogen-bond acceptors (Lipinski definition) is 6. The third-order valence-electron chi connectivity index (χ3n) is 3.95. The summed E-state index contributed by atoms with van der Waals surface area (Å²) in [7, 11) is 0. The van der Waals surface area contributed by atoms with Gasteiger partial charge in [0.15, 0.2) is 0 Å². The third kappa shape index (κ3) is 4.01. The van der Waals surface area contributed by atoms with Crippen molar-refractivity contribution >= 4 is 27.9 Å². The van der Waals surface area contributed by atoms with Crippen molar-refractivity contribution in [1.29, 1.82) is 0 Å². The van der Waals surface area contributed by atoms with Crippen molar-refractivity contribution in [2.75, 3.05) is 11.9 Å². The number of carbonyl (C=O) groups excluding carboxylic acids is 1. The van der Waals surface area contributed by atoms with Gasteiger partial charge in [-0.05, 0) is 42.3 Å². The molecule has 7 nitrogen and oxygen atoms in total. The first kappa shape index (κ1) is 18.1. The molecule has 1 amide bonds. The molecule has 0 saturated heterocycles. The van der Waals surface area contributed by atoms with Crippen molar-refractivity contribution in [2.24, 2.45) is 5.92 Å². The van der Waals surface area contributed by atoms with Crippen LogP contribution >= 0.6 is 11.3 Å². The fraction of sp³-hybridized carbons (Fsp3) is 0.200. The molecule has 0 aliphatic heterocycles. The zero-order valence-electron chi connectivity index (χ0n) is 15.5. The Morgan fingerprint density at radius 3 is 2.79 bits per heavy atom. The predicted octanol–water partition coefficient (Wildman–Crippen LogP) is 4.14. The summed E-state index contributed by atoms with van der Waals surface area (Å²) in [5.41, 5.74) is 2.18. The van der Waals surface area contributed by atoms with E-state index in [9.17, 15) is 4.79 Å². The summed E-state index contributed by atoms with van der Waals surface area (Å²) < 4.78 is 7.29. The van der Waals surface area contributed by atoms with Crippen LogP contribution in [0.3, 0.4) is 0 Å². The molecule has 0 atom stereocenters. The number of nitrogens with zero attached hydrogens (tertiary/aromatic N) is 4. The zero-order chi connectivity index (χ0) is 19.5. The maximum absolute atomic E-state index is 12.6. The molecule has 2 aromatic carbocycles. The Kier molecular flexibility index (Phi) is 5.03. The molecule has 2 aromatic heterocycles. The van der Waals surface area contributed by atoms with Crippen molar-refractivity contribution in [3.8, 4) is 16.3 Å². The second-order valence-electron chi connectivity index (χ2n) is 6.73. The number of aromatic nitrogens is 4. The molecule has 142 valence electrons. The fourth-order valence-corrected chi connectivity index (χ4v) is 3.39. The summed E-state index contributed by atoms with van der Waals surface area (Å²) in [6.45, 7) is 4.84. The van der Waals surface area contributed by atoms with Gasteiger partial charge in [-0.1, -0.05) is 37.3 Å². The Labute approximate surface area is 166 Å². The number of nitrogens with one attached hydrogen (secondary N) is 1. The van der Waals surface area contributed by atoms with E-state index in [4.69, 9.17) is 4.74 Å². The highest BCUT2D eigenvalue weighted by Gasteiger charge is 2.10. The first-order valence-corrected chi connectivity index (χ1v) is 9.71. The van der Waals surface area contributed by atoms with Crippen LogP contribution in [0, 0.1) is 5.92 Å². The van der Waals surface area contributed by atoms with E-state index < -0.39 is 0 Å². The number of amides is 1. The Hall–Kier alpha value is -3.26. The lowest BCUT2D eigenvalue weighted by molar-refractivity contribution is 0.102. The minimum Gasteiger partial charge on any atom is -0.493 e. The van der Waals surface area contributed by atoms with Crippen LogP contribution < -0.4 is 10.1 Å². The number of ether oxygens (including phenoxy) is 1. The van der Waals surface area contributed by atoms with Gasteiger partial charge in [-0.15, -0.1) is 10.2 Å². The van der Waals surface area contributed by atoms with E-state index in [2.05, 4.69) is 34.5 Å². The highest BCUT2D eigenvalue weighted by atomic mass is 32.1. The highest BCUT2D eigenvalue weighted by molar-refractivity contribution is 7.19. The molecule has 0 radical (unpaired) electrons. The molecule has 0 unspecified atom stereocenters. The number of hydrogen-bond donors (Lipinski definition) is 1. The lowest BCUT2D eigenvalue weighted by Crippen LogP contribution is -2.12. The van der Waals surface area contributed by atoms with Gasteiger partial charge >= 0.3 is 0 Å². The van der Waals surface area contributed by atoms with Crippen LogP contribution in [0.4, 0.5) is 5.69 Å². The largest absolute Gasteiger partial charge is 0.493 e. The van der Waals surface area contributed by atoms with Crippen LogP contribution in [-0.4, -0.2) is 32.3 Å². The van der Waals surface area contributed by atoms with Crippen molar-refractivity contribution < 1.29 is 9.53 Å². The smallest absolute Gasteiger partial charge is 0.255 e. The van der Waals surface area contributed by atoms with E-state index in [0.717, 1.165) is 21.3 Å². The molecule has 0 saturated carbocycles. The van der Waals surface area contributed by atoms with Crippen LogP contribution in [0.15, 0.2) is 54.9 Å². The van der Waals surface area contributed by atoms with Gasteiger partial charge in [0.2, 0.25) is 4.96 Å². The maximum Gasteiger partial charge on any atom is 0.255 e. The van der Waals surface area contributed by atoms with Gasteiger partial charge in [-0.25, -0.2) is 0 Å². The standard InChI is InChI=1S/C20H19N5O2S/c1-13(2)11-27-17-8-6-14(7-9-17)18(26)22-16-5-3-4-15(10-16)19-24-25-12-21-23-20(25)28-19/h3-10,12-13H,11H2,1-2H3,(H,22,26). The van der Waals surface area contributed by atoms with Gasteiger partial charge in [-0.2, -0.15) is 9.61 Å². The van der Waals surface area contributed by atoms with Gasteiger partial charge in [0.25, 0.3) is 5.91 Å². The lowest BCUT2D eigenvalue weighted by atomic mass is 10.1. The van der Waals surface area contributed by atoms with Crippen LogP contribution in [0.5, 0.6) is 5.75 Å². The first-order chi connectivity index (χ1) is 13.6. The Morgan fingerprint density at radius 2 is 2.04 bits per heavy atom. The van der Waals surface area contributed by atoms with E-state index in [1.807, 2.05) is 36.4 Å². The normalized spacial score (nSPS) is 11.1. The summed E-state index contributed by atoms with van der Waals surface area (Å²) >= 11 is 1.44. The molecule has 0 aliphatic rings. The number of rotatable bonds is 6. The van der Waals surface area contributed by atoms with Gasteiger partial charge < -0.3 is 10.1 Å². The van der Waals surface area contributed by atoms with Crippen LogP contribution in [-0.2, 0) is 0 Å². The quantitative estimate of drug-likeness (QED) is 0.532. The summed E-state index contributed by atoms with van der Waals surface area (Å²) in [6, 6.07) is 14.7. The maximum atomic E-state index is 12.6. The molecule has 28 heavy (non-hydrogen) atoms. The molecule has 0 aliphatic carbocycles. The van der Waals surface area contributed by atoms with Crippen molar-refractivity contribution in [1.82, 2.24) is 19.8 Å². The van der Waals surface area contributed by atoms with E-state index in [1.54, 1.807) is 23.0 Å². The molecule has 8 heteroatoms. The van der Waals surface area contributed by atoms with E-state index in [-0.39, 0.29) is 5.91 Å². The average Bonchev–Trinajstić information content (AvgIpc) is 3.29. The zero-order valence-corrected chi connectivity index (χ0v) is 16.3. The molecule has 0 fully saturated rings. The first-order valence-electron chi connectivity index (χ1n) is 8.90. The van der Waals surface area contributed by atoms with Crippen molar-refractivity contribution in [2.45, 2.75) is 13.8 Å². The molecule has 4 aromatic rings. The summed E-state index contributed by atoms with van der Waals surface area (Å²) in [5.74, 6) is 1.04. The van der Waals surface area contributed by atoms with Crippen molar-refractivity contribution in [3.63, 3.8) is 0 Å². The topological polar surface area (TPSA) is 81.4 Å². The average molecular weight is 393 g/mol. The molecule has 0 bridgehead atoms. The molecular weight excluding hydrogens is 374 g/mol. The van der Waals surface area contributed by atoms with Crippen LogP contribution in [0.2, 0.25) is 0 Å². The molecule has 0 spiro atoms. The highest BCUT2D eigenvalue weighted by Crippen LogP contribution is 2.27. The Balaban J connectivity index is 1.46. The third-order valence-corrected chi connectivity index (χ3v) is 4.92. The number of anilines is 1. The number of carbonyl (C=O) groups is 1. The van der Waals surface area contributed by atoms with Gasteiger partial charge in [0.05, 0.1) is 6.61 Å². The molecular formula is C20H19N5O2S. The van der Waals surface area contributed by atoms with Gasteiger partial charge in [-0.3, -0.25) is 4.79 Å². The summed E-state index contributed by atoms with van der Waals surface area (Å²) in [5, 5.41) is 16.0. The second-order valence-corrected chi connectivity index (χ2v) is 7.69. The van der Waals surface area contributed by atoms with Crippen LogP contribution in [0.25, 0.3) is 15.5 Å². The van der Waals surface area contributed by atoms with Crippen LogP contribution in [0.1, 0.15) is 24.2 Å². The predicted molar refractivity (Wildman–Crippen MR) is 109 cm³/mol. The number of fused-ring (bicyclic) bond motifs is 1.